The molecule has 7 nitrogen and oxygen atoms in total. The average Bonchev–Trinajstić information content (AvgIpc) is 4.08. The van der Waals surface area contributed by atoms with Crippen LogP contribution < -0.4 is 18.9 Å². The van der Waals surface area contributed by atoms with Gasteiger partial charge in [-0.1, -0.05) is 82.6 Å². The molecule has 0 aliphatic carbocycles. The van der Waals surface area contributed by atoms with Crippen molar-refractivity contribution in [3.05, 3.63) is 119 Å². The lowest BCUT2D eigenvalue weighted by molar-refractivity contribution is 0.0971. The van der Waals surface area contributed by atoms with Crippen molar-refractivity contribution < 1.29 is 33.5 Å². The van der Waals surface area contributed by atoms with E-state index in [-0.39, 0.29) is 29.6 Å². The Balaban J connectivity index is 0.853. The van der Waals surface area contributed by atoms with Gasteiger partial charge in [-0.25, -0.2) is 0 Å². The van der Waals surface area contributed by atoms with Crippen LogP contribution in [-0.2, 0) is 20.3 Å². The maximum atomic E-state index is 10.5. The molecule has 4 aromatic carbocycles. The van der Waals surface area contributed by atoms with Gasteiger partial charge in [0.2, 0.25) is 0 Å². The second-order valence-corrected chi connectivity index (χ2v) is 14.5. The van der Waals surface area contributed by atoms with Gasteiger partial charge in [-0.05, 0) is 90.0 Å². The van der Waals surface area contributed by atoms with Crippen LogP contribution in [0.2, 0.25) is 0 Å². The van der Waals surface area contributed by atoms with Gasteiger partial charge in [-0.2, -0.15) is 0 Å². The summed E-state index contributed by atoms with van der Waals surface area (Å²) in [4.78, 5) is 0. The molecule has 2 aliphatic heterocycles. The molecule has 3 unspecified atom stereocenters. The summed E-state index contributed by atoms with van der Waals surface area (Å²) in [6, 6.07) is 33.2. The van der Waals surface area contributed by atoms with Crippen molar-refractivity contribution in [2.45, 2.75) is 82.5 Å². The highest BCUT2D eigenvalue weighted by molar-refractivity contribution is 5.43. The first-order valence-corrected chi connectivity index (χ1v) is 18.0. The normalized spacial score (nSPS) is 17.5. The number of epoxide rings is 2. The van der Waals surface area contributed by atoms with Crippen LogP contribution in [0.25, 0.3) is 0 Å². The Morgan fingerprint density at radius 2 is 0.900 bits per heavy atom. The number of ether oxygens (including phenoxy) is 6. The van der Waals surface area contributed by atoms with Gasteiger partial charge in [0.1, 0.15) is 55.0 Å². The fourth-order valence-corrected chi connectivity index (χ4v) is 6.04. The molecule has 4 aromatic rings. The van der Waals surface area contributed by atoms with Gasteiger partial charge in [-0.3, -0.25) is 0 Å². The van der Waals surface area contributed by atoms with E-state index in [4.69, 9.17) is 28.4 Å². The summed E-state index contributed by atoms with van der Waals surface area (Å²) in [5.74, 6) is 3.38. The van der Waals surface area contributed by atoms with E-state index in [0.717, 1.165) is 55.5 Å². The van der Waals surface area contributed by atoms with Crippen LogP contribution in [0.4, 0.5) is 0 Å². The minimum Gasteiger partial charge on any atom is -0.494 e. The van der Waals surface area contributed by atoms with Crippen molar-refractivity contribution in [1.29, 1.82) is 0 Å². The van der Waals surface area contributed by atoms with Crippen LogP contribution in [0.1, 0.15) is 75.6 Å². The van der Waals surface area contributed by atoms with E-state index in [1.807, 2.05) is 36.4 Å². The predicted octanol–water partition coefficient (Wildman–Crippen LogP) is 8.27. The highest BCUT2D eigenvalue weighted by Gasteiger charge is 2.26. The van der Waals surface area contributed by atoms with Crippen LogP contribution in [0.5, 0.6) is 23.0 Å². The molecule has 0 spiro atoms. The molecular formula is C43H52O7. The summed E-state index contributed by atoms with van der Waals surface area (Å²) < 4.78 is 34.0. The third kappa shape index (κ3) is 10.0. The molecule has 0 amide bonds. The fraction of sp³-hybridized carbons (Fsp3) is 0.442. The zero-order valence-corrected chi connectivity index (χ0v) is 29.9. The number of hydrogen-bond donors (Lipinski definition) is 1. The van der Waals surface area contributed by atoms with Gasteiger partial charge in [0, 0.05) is 10.8 Å². The van der Waals surface area contributed by atoms with Crippen molar-refractivity contribution in [1.82, 2.24) is 0 Å². The quantitative estimate of drug-likeness (QED) is 0.0744. The first-order valence-electron chi connectivity index (χ1n) is 18.0. The summed E-state index contributed by atoms with van der Waals surface area (Å²) >= 11 is 0. The maximum absolute atomic E-state index is 10.5. The summed E-state index contributed by atoms with van der Waals surface area (Å²) in [6.07, 6.45) is 3.54. The Morgan fingerprint density at radius 3 is 1.28 bits per heavy atom. The van der Waals surface area contributed by atoms with Gasteiger partial charge in [-0.15, -0.1) is 0 Å². The molecule has 2 aliphatic rings. The SMILES string of the molecule is CC(C)(c1ccc(OCCCCCC(O)COc2ccc(C(C)(C)c3ccc(OCC4CO4)cc3)cc2)cc1)c1ccc(OCC2CO2)cc1. The molecule has 2 heterocycles. The molecule has 2 fully saturated rings. The number of aliphatic hydroxyl groups excluding tert-OH is 1. The smallest absolute Gasteiger partial charge is 0.119 e. The Labute approximate surface area is 297 Å². The predicted molar refractivity (Wildman–Crippen MR) is 196 cm³/mol. The van der Waals surface area contributed by atoms with Crippen molar-refractivity contribution in [2.24, 2.45) is 0 Å². The Bertz CT molecular complexity index is 1600. The zero-order valence-electron chi connectivity index (χ0n) is 29.9. The van der Waals surface area contributed by atoms with Crippen LogP contribution in [0.3, 0.4) is 0 Å². The molecule has 6 rings (SSSR count). The number of rotatable bonds is 20. The first-order chi connectivity index (χ1) is 24.2. The van der Waals surface area contributed by atoms with E-state index < -0.39 is 6.10 Å². The van der Waals surface area contributed by atoms with Crippen LogP contribution in [-0.4, -0.2) is 63.1 Å². The molecule has 0 aromatic heterocycles. The molecule has 2 saturated heterocycles. The second kappa shape index (κ2) is 16.3. The third-order valence-electron chi connectivity index (χ3n) is 9.87. The van der Waals surface area contributed by atoms with Gasteiger partial charge in [0.25, 0.3) is 0 Å². The van der Waals surface area contributed by atoms with Gasteiger partial charge in [0.05, 0.1) is 25.9 Å². The highest BCUT2D eigenvalue weighted by Crippen LogP contribution is 2.35. The van der Waals surface area contributed by atoms with E-state index in [9.17, 15) is 5.11 Å². The van der Waals surface area contributed by atoms with Crippen LogP contribution >= 0.6 is 0 Å². The number of aliphatic hydroxyl groups is 1. The highest BCUT2D eigenvalue weighted by atomic mass is 16.6. The van der Waals surface area contributed by atoms with Crippen molar-refractivity contribution in [3.8, 4) is 23.0 Å². The van der Waals surface area contributed by atoms with E-state index in [1.165, 1.54) is 22.3 Å². The lowest BCUT2D eigenvalue weighted by Crippen LogP contribution is -2.19. The van der Waals surface area contributed by atoms with Crippen molar-refractivity contribution in [2.75, 3.05) is 39.6 Å². The van der Waals surface area contributed by atoms with Gasteiger partial charge < -0.3 is 33.5 Å². The third-order valence-corrected chi connectivity index (χ3v) is 9.87. The second-order valence-electron chi connectivity index (χ2n) is 14.5. The summed E-state index contributed by atoms with van der Waals surface area (Å²) in [7, 11) is 0. The van der Waals surface area contributed by atoms with Crippen molar-refractivity contribution in [3.63, 3.8) is 0 Å². The number of unbranched alkanes of at least 4 members (excludes halogenated alkanes) is 2. The Morgan fingerprint density at radius 1 is 0.540 bits per heavy atom. The zero-order chi connectivity index (χ0) is 35.0. The minimum absolute atomic E-state index is 0.142. The van der Waals surface area contributed by atoms with Gasteiger partial charge in [0.15, 0.2) is 0 Å². The van der Waals surface area contributed by atoms with E-state index in [2.05, 4.69) is 88.4 Å². The average molecular weight is 681 g/mol. The lowest BCUT2D eigenvalue weighted by Gasteiger charge is -2.26. The molecule has 0 saturated carbocycles. The van der Waals surface area contributed by atoms with Gasteiger partial charge >= 0.3 is 0 Å². The standard InChI is InChI=1S/C43H52O7/c1-42(2,33-13-21-38(22-14-33)47-27-40-29-49-40)31-9-17-36(18-10-31)45-25-7-5-6-8-35(44)26-46-37-19-11-32(12-20-37)43(3,4)34-15-23-39(24-16-34)48-28-41-30-50-41/h9-24,35,40-41,44H,5-8,25-30H2,1-4H3. The van der Waals surface area contributed by atoms with Crippen LogP contribution in [0, 0.1) is 0 Å². The number of hydrogen-bond acceptors (Lipinski definition) is 7. The Kier molecular flexibility index (Phi) is 11.7. The molecule has 50 heavy (non-hydrogen) atoms. The summed E-state index contributed by atoms with van der Waals surface area (Å²) in [5.41, 5.74) is 4.55. The molecule has 3 atom stereocenters. The first kappa shape index (κ1) is 35.8. The molecule has 0 radical (unpaired) electrons. The Hall–Kier alpha value is -4.04. The molecule has 266 valence electrons. The van der Waals surface area contributed by atoms with E-state index >= 15 is 0 Å². The monoisotopic (exact) mass is 680 g/mol. The van der Waals surface area contributed by atoms with Crippen molar-refractivity contribution >= 4 is 0 Å². The molecular weight excluding hydrogens is 628 g/mol. The fourth-order valence-electron chi connectivity index (χ4n) is 6.04. The number of benzene rings is 4. The minimum atomic E-state index is -0.504. The van der Waals surface area contributed by atoms with E-state index in [0.29, 0.717) is 26.2 Å². The lowest BCUT2D eigenvalue weighted by atomic mass is 9.78. The maximum Gasteiger partial charge on any atom is 0.119 e. The largest absolute Gasteiger partial charge is 0.494 e. The summed E-state index contributed by atoms with van der Waals surface area (Å²) in [6.45, 7) is 12.6. The topological polar surface area (TPSA) is 82.2 Å². The molecule has 7 heteroatoms. The van der Waals surface area contributed by atoms with Crippen LogP contribution in [0.15, 0.2) is 97.1 Å². The van der Waals surface area contributed by atoms with E-state index in [1.54, 1.807) is 0 Å². The summed E-state index contributed by atoms with van der Waals surface area (Å²) in [5, 5.41) is 10.5. The molecule has 0 bridgehead atoms. The molecule has 1 N–H and O–H groups in total.